The molecule has 0 atom stereocenters. The maximum absolute atomic E-state index is 12.1. The van der Waals surface area contributed by atoms with Crippen molar-refractivity contribution in [3.63, 3.8) is 0 Å². The molecule has 0 aromatic carbocycles. The Hall–Kier alpha value is -0.680. The first kappa shape index (κ1) is 15.7. The molecule has 1 aliphatic rings. The molecule has 0 amide bonds. The largest absolute Gasteiger partial charge is 0.370 e. The van der Waals surface area contributed by atoms with Crippen LogP contribution in [0.2, 0.25) is 0 Å². The lowest BCUT2D eigenvalue weighted by atomic mass is 9.93. The van der Waals surface area contributed by atoms with Crippen molar-refractivity contribution in [1.29, 1.82) is 0 Å². The number of H-pyrrole nitrogens is 1. The van der Waals surface area contributed by atoms with Gasteiger partial charge in [0.15, 0.2) is 0 Å². The fourth-order valence-corrected chi connectivity index (χ4v) is 3.35. The highest BCUT2D eigenvalue weighted by Gasteiger charge is 2.35. The van der Waals surface area contributed by atoms with Gasteiger partial charge < -0.3 is 9.72 Å². The van der Waals surface area contributed by atoms with Crippen molar-refractivity contribution in [2.75, 3.05) is 7.11 Å². The number of nitrogens with one attached hydrogen (secondary N) is 1. The number of hydrogen-bond donors (Lipinski definition) is 1. The van der Waals surface area contributed by atoms with Gasteiger partial charge in [-0.05, 0) is 35.2 Å². The average molecular weight is 343 g/mol. The van der Waals surface area contributed by atoms with Gasteiger partial charge in [-0.15, -0.1) is 0 Å². The Labute approximate surface area is 128 Å². The van der Waals surface area contributed by atoms with E-state index in [2.05, 4.69) is 27.8 Å². The Balaban J connectivity index is 2.45. The van der Waals surface area contributed by atoms with Gasteiger partial charge in [-0.3, -0.25) is 4.79 Å². The lowest BCUT2D eigenvalue weighted by Gasteiger charge is -2.30. The number of halogens is 1. The van der Waals surface area contributed by atoms with Crippen LogP contribution in [0.1, 0.15) is 63.4 Å². The monoisotopic (exact) mass is 342 g/mol. The summed E-state index contributed by atoms with van der Waals surface area (Å²) in [5, 5.41) is 0. The Morgan fingerprint density at radius 3 is 2.50 bits per heavy atom. The van der Waals surface area contributed by atoms with E-state index in [0.717, 1.165) is 44.2 Å². The number of methoxy groups -OCH3 is 1. The SMILES string of the molecule is CCCc1nc(C2(OC)CCCCCC2)[nH]c(=O)c1Br. The molecule has 1 aliphatic carbocycles. The van der Waals surface area contributed by atoms with Crippen LogP contribution in [-0.2, 0) is 16.8 Å². The van der Waals surface area contributed by atoms with Crippen molar-refractivity contribution in [3.8, 4) is 0 Å². The van der Waals surface area contributed by atoms with Crippen LogP contribution in [0, 0.1) is 0 Å². The summed E-state index contributed by atoms with van der Waals surface area (Å²) in [6.07, 6.45) is 8.33. The van der Waals surface area contributed by atoms with Gasteiger partial charge in [0.1, 0.15) is 15.9 Å². The van der Waals surface area contributed by atoms with Gasteiger partial charge in [0.05, 0.1) is 5.69 Å². The zero-order chi connectivity index (χ0) is 14.6. The summed E-state index contributed by atoms with van der Waals surface area (Å²) < 4.78 is 6.38. The highest BCUT2D eigenvalue weighted by molar-refractivity contribution is 9.10. The second kappa shape index (κ2) is 6.85. The molecule has 1 aromatic heterocycles. The minimum absolute atomic E-state index is 0.0980. The Bertz CT molecular complexity index is 505. The third kappa shape index (κ3) is 3.14. The minimum atomic E-state index is -0.418. The number of nitrogens with zero attached hydrogens (tertiary/aromatic N) is 1. The Morgan fingerprint density at radius 2 is 1.95 bits per heavy atom. The topological polar surface area (TPSA) is 55.0 Å². The van der Waals surface area contributed by atoms with E-state index >= 15 is 0 Å². The molecule has 1 N–H and O–H groups in total. The summed E-state index contributed by atoms with van der Waals surface area (Å²) in [7, 11) is 1.73. The molecule has 5 heteroatoms. The van der Waals surface area contributed by atoms with Gasteiger partial charge >= 0.3 is 0 Å². The van der Waals surface area contributed by atoms with Crippen LogP contribution in [0.4, 0.5) is 0 Å². The van der Waals surface area contributed by atoms with E-state index in [1.807, 2.05) is 0 Å². The molecule has 4 nitrogen and oxygen atoms in total. The molecular weight excluding hydrogens is 320 g/mol. The van der Waals surface area contributed by atoms with Crippen LogP contribution in [0.5, 0.6) is 0 Å². The number of ether oxygens (including phenoxy) is 1. The third-order valence-corrected chi connectivity index (χ3v) is 4.97. The van der Waals surface area contributed by atoms with Crippen molar-refractivity contribution in [3.05, 3.63) is 26.3 Å². The highest BCUT2D eigenvalue weighted by atomic mass is 79.9. The predicted molar refractivity (Wildman–Crippen MR) is 82.9 cm³/mol. The Kier molecular flexibility index (Phi) is 5.38. The highest BCUT2D eigenvalue weighted by Crippen LogP contribution is 2.37. The molecular formula is C15H23BrN2O2. The smallest absolute Gasteiger partial charge is 0.265 e. The minimum Gasteiger partial charge on any atom is -0.370 e. The van der Waals surface area contributed by atoms with Crippen LogP contribution in [0.3, 0.4) is 0 Å². The van der Waals surface area contributed by atoms with Crippen molar-refractivity contribution in [2.45, 2.75) is 63.9 Å². The number of aryl methyl sites for hydroxylation is 1. The quantitative estimate of drug-likeness (QED) is 0.849. The lowest BCUT2D eigenvalue weighted by Crippen LogP contribution is -2.33. The second-order valence-corrected chi connectivity index (χ2v) is 6.33. The first-order valence-corrected chi connectivity index (χ1v) is 8.26. The van der Waals surface area contributed by atoms with Crippen molar-refractivity contribution in [1.82, 2.24) is 9.97 Å². The van der Waals surface area contributed by atoms with E-state index in [-0.39, 0.29) is 5.56 Å². The molecule has 0 bridgehead atoms. The van der Waals surface area contributed by atoms with E-state index in [9.17, 15) is 4.79 Å². The van der Waals surface area contributed by atoms with Gasteiger partial charge in [0.2, 0.25) is 0 Å². The van der Waals surface area contributed by atoms with E-state index < -0.39 is 5.60 Å². The summed E-state index contributed by atoms with van der Waals surface area (Å²) in [6, 6.07) is 0. The molecule has 0 radical (unpaired) electrons. The van der Waals surface area contributed by atoms with E-state index in [4.69, 9.17) is 9.72 Å². The third-order valence-electron chi connectivity index (χ3n) is 4.15. The molecule has 112 valence electrons. The fraction of sp³-hybridized carbons (Fsp3) is 0.733. The van der Waals surface area contributed by atoms with E-state index in [1.54, 1.807) is 7.11 Å². The van der Waals surface area contributed by atoms with Crippen LogP contribution < -0.4 is 5.56 Å². The molecule has 0 saturated heterocycles. The van der Waals surface area contributed by atoms with Crippen LogP contribution in [0.25, 0.3) is 0 Å². The zero-order valence-corrected chi connectivity index (χ0v) is 13.9. The molecule has 1 heterocycles. The molecule has 2 rings (SSSR count). The van der Waals surface area contributed by atoms with Crippen LogP contribution >= 0.6 is 15.9 Å². The van der Waals surface area contributed by atoms with Crippen molar-refractivity contribution in [2.24, 2.45) is 0 Å². The van der Waals surface area contributed by atoms with E-state index in [0.29, 0.717) is 10.3 Å². The van der Waals surface area contributed by atoms with Gasteiger partial charge in [-0.25, -0.2) is 4.98 Å². The average Bonchev–Trinajstić information content (AvgIpc) is 2.70. The van der Waals surface area contributed by atoms with Crippen molar-refractivity contribution >= 4 is 15.9 Å². The molecule has 0 aliphatic heterocycles. The number of aromatic nitrogens is 2. The fourth-order valence-electron chi connectivity index (χ4n) is 2.96. The first-order chi connectivity index (χ1) is 9.63. The molecule has 1 aromatic rings. The number of hydrogen-bond acceptors (Lipinski definition) is 3. The maximum Gasteiger partial charge on any atom is 0.265 e. The van der Waals surface area contributed by atoms with Gasteiger partial charge in [0, 0.05) is 7.11 Å². The number of rotatable bonds is 4. The molecule has 20 heavy (non-hydrogen) atoms. The summed E-state index contributed by atoms with van der Waals surface area (Å²) in [6.45, 7) is 2.09. The molecule has 1 fully saturated rings. The zero-order valence-electron chi connectivity index (χ0n) is 12.3. The predicted octanol–water partition coefficient (Wildman–Crippen LogP) is 3.68. The molecule has 0 unspecified atom stereocenters. The standard InChI is InChI=1S/C15H23BrN2O2/c1-3-8-11-12(16)13(19)18-14(17-11)15(20-2)9-6-4-5-7-10-15/h3-10H2,1-2H3,(H,17,18,19). The van der Waals surface area contributed by atoms with Crippen LogP contribution in [0.15, 0.2) is 9.27 Å². The first-order valence-electron chi connectivity index (χ1n) is 7.47. The normalized spacial score (nSPS) is 18.8. The van der Waals surface area contributed by atoms with Gasteiger partial charge in [0.25, 0.3) is 5.56 Å². The Morgan fingerprint density at radius 1 is 1.30 bits per heavy atom. The summed E-state index contributed by atoms with van der Waals surface area (Å²) in [4.78, 5) is 19.8. The van der Waals surface area contributed by atoms with Gasteiger partial charge in [-0.2, -0.15) is 0 Å². The van der Waals surface area contributed by atoms with E-state index in [1.165, 1.54) is 12.8 Å². The molecule has 1 saturated carbocycles. The summed E-state index contributed by atoms with van der Waals surface area (Å²) in [5.41, 5.74) is 0.324. The van der Waals surface area contributed by atoms with Crippen molar-refractivity contribution < 1.29 is 4.74 Å². The second-order valence-electron chi connectivity index (χ2n) is 5.54. The lowest BCUT2D eigenvalue weighted by molar-refractivity contribution is -0.0355. The van der Waals surface area contributed by atoms with Crippen LogP contribution in [-0.4, -0.2) is 17.1 Å². The number of aromatic amines is 1. The summed E-state index contributed by atoms with van der Waals surface area (Å²) in [5.74, 6) is 0.707. The van der Waals surface area contributed by atoms with Gasteiger partial charge in [-0.1, -0.05) is 39.0 Å². The summed E-state index contributed by atoms with van der Waals surface area (Å²) >= 11 is 3.35. The maximum atomic E-state index is 12.1. The molecule has 0 spiro atoms.